The van der Waals surface area contributed by atoms with Gasteiger partial charge < -0.3 is 4.74 Å². The predicted molar refractivity (Wildman–Crippen MR) is 56.9 cm³/mol. The molecule has 0 spiro atoms. The van der Waals surface area contributed by atoms with E-state index in [1.165, 1.54) is 18.4 Å². The molecule has 0 saturated heterocycles. The van der Waals surface area contributed by atoms with Gasteiger partial charge in [-0.3, -0.25) is 0 Å². The lowest BCUT2D eigenvalue weighted by Crippen LogP contribution is -2.14. The fraction of sp³-hybridized carbons (Fsp3) is 0.750. The number of rotatable bonds is 3. The molecule has 1 saturated carbocycles. The van der Waals surface area contributed by atoms with Crippen molar-refractivity contribution in [2.24, 2.45) is 11.3 Å². The summed E-state index contributed by atoms with van der Waals surface area (Å²) in [5.41, 5.74) is 1.34. The largest absolute Gasteiger partial charge is 0.463 e. The van der Waals surface area contributed by atoms with Crippen LogP contribution >= 0.6 is 0 Å². The number of esters is 1. The van der Waals surface area contributed by atoms with Gasteiger partial charge in [0.25, 0.3) is 0 Å². The standard InChI is InChI=1S/C12H20O2/c1-5-14-11(13)8-10(9-6-7-9)12(2,3)4/h8-9H,5-7H2,1-4H3/b10-8+. The zero-order chi connectivity index (χ0) is 10.8. The highest BCUT2D eigenvalue weighted by atomic mass is 16.5. The summed E-state index contributed by atoms with van der Waals surface area (Å²) in [5.74, 6) is 0.434. The first-order valence-corrected chi connectivity index (χ1v) is 5.34. The molecular weight excluding hydrogens is 176 g/mol. The van der Waals surface area contributed by atoms with Gasteiger partial charge in [-0.05, 0) is 31.1 Å². The smallest absolute Gasteiger partial charge is 0.330 e. The molecule has 1 aliphatic carbocycles. The first-order chi connectivity index (χ1) is 6.45. The van der Waals surface area contributed by atoms with Crippen LogP contribution < -0.4 is 0 Å². The van der Waals surface area contributed by atoms with Crippen molar-refractivity contribution in [3.63, 3.8) is 0 Å². The third kappa shape index (κ3) is 3.17. The molecule has 2 heteroatoms. The molecule has 2 nitrogen and oxygen atoms in total. The van der Waals surface area contributed by atoms with Crippen molar-refractivity contribution in [1.29, 1.82) is 0 Å². The van der Waals surface area contributed by atoms with Crippen LogP contribution in [0.15, 0.2) is 11.6 Å². The average molecular weight is 196 g/mol. The monoisotopic (exact) mass is 196 g/mol. The van der Waals surface area contributed by atoms with Crippen LogP contribution in [0, 0.1) is 11.3 Å². The van der Waals surface area contributed by atoms with Crippen LogP contribution in [-0.2, 0) is 9.53 Å². The maximum absolute atomic E-state index is 11.3. The molecule has 1 fully saturated rings. The highest BCUT2D eigenvalue weighted by Crippen LogP contribution is 2.44. The molecule has 80 valence electrons. The van der Waals surface area contributed by atoms with Crippen molar-refractivity contribution in [3.05, 3.63) is 11.6 Å². The Morgan fingerprint density at radius 3 is 2.36 bits per heavy atom. The van der Waals surface area contributed by atoms with E-state index in [2.05, 4.69) is 20.8 Å². The first kappa shape index (κ1) is 11.3. The average Bonchev–Trinajstić information content (AvgIpc) is 2.81. The number of hydrogen-bond acceptors (Lipinski definition) is 2. The third-order valence-electron chi connectivity index (χ3n) is 2.44. The van der Waals surface area contributed by atoms with Gasteiger partial charge in [0.05, 0.1) is 6.61 Å². The van der Waals surface area contributed by atoms with Crippen LogP contribution in [0.4, 0.5) is 0 Å². The number of carbonyl (C=O) groups is 1. The van der Waals surface area contributed by atoms with Gasteiger partial charge in [-0.1, -0.05) is 26.3 Å². The lowest BCUT2D eigenvalue weighted by Gasteiger charge is -2.22. The van der Waals surface area contributed by atoms with Crippen molar-refractivity contribution < 1.29 is 9.53 Å². The molecule has 0 aromatic carbocycles. The SMILES string of the molecule is CCOC(=O)/C=C(\C1CC1)C(C)(C)C. The molecule has 14 heavy (non-hydrogen) atoms. The van der Waals surface area contributed by atoms with Crippen LogP contribution in [0.25, 0.3) is 0 Å². The summed E-state index contributed by atoms with van der Waals surface area (Å²) < 4.78 is 4.93. The molecule has 1 aliphatic rings. The molecule has 0 heterocycles. The lowest BCUT2D eigenvalue weighted by molar-refractivity contribution is -0.137. The minimum absolute atomic E-state index is 0.0912. The fourth-order valence-electron chi connectivity index (χ4n) is 1.65. The molecule has 0 aliphatic heterocycles. The van der Waals surface area contributed by atoms with E-state index in [4.69, 9.17) is 4.74 Å². The Morgan fingerprint density at radius 1 is 1.43 bits per heavy atom. The number of ether oxygens (including phenoxy) is 1. The van der Waals surface area contributed by atoms with Crippen LogP contribution in [0.3, 0.4) is 0 Å². The topological polar surface area (TPSA) is 26.3 Å². The zero-order valence-corrected chi connectivity index (χ0v) is 9.59. The molecule has 0 aromatic heterocycles. The van der Waals surface area contributed by atoms with Gasteiger partial charge in [0.2, 0.25) is 0 Å². The number of carbonyl (C=O) groups excluding carboxylic acids is 1. The second kappa shape index (κ2) is 4.16. The Hall–Kier alpha value is -0.790. The lowest BCUT2D eigenvalue weighted by atomic mass is 9.83. The Balaban J connectivity index is 2.71. The normalized spacial score (nSPS) is 18.1. The Kier molecular flexibility index (Phi) is 3.35. The molecule has 0 bridgehead atoms. The maximum Gasteiger partial charge on any atom is 0.330 e. The summed E-state index contributed by atoms with van der Waals surface area (Å²) in [6.07, 6.45) is 4.15. The van der Waals surface area contributed by atoms with E-state index in [1.54, 1.807) is 6.08 Å². The summed E-state index contributed by atoms with van der Waals surface area (Å²) in [7, 11) is 0. The van der Waals surface area contributed by atoms with Crippen LogP contribution in [0.1, 0.15) is 40.5 Å². The van der Waals surface area contributed by atoms with E-state index < -0.39 is 0 Å². The van der Waals surface area contributed by atoms with Crippen LogP contribution in [0.2, 0.25) is 0 Å². The number of allylic oxidation sites excluding steroid dienone is 1. The predicted octanol–water partition coefficient (Wildman–Crippen LogP) is 2.93. The van der Waals surface area contributed by atoms with Gasteiger partial charge in [0, 0.05) is 6.08 Å². The van der Waals surface area contributed by atoms with Crippen molar-refractivity contribution in [2.45, 2.75) is 40.5 Å². The van der Waals surface area contributed by atoms with Gasteiger partial charge >= 0.3 is 5.97 Å². The molecule has 0 atom stereocenters. The van der Waals surface area contributed by atoms with Gasteiger partial charge in [0.15, 0.2) is 0 Å². The minimum Gasteiger partial charge on any atom is -0.463 e. The summed E-state index contributed by atoms with van der Waals surface area (Å²) in [6, 6.07) is 0. The van der Waals surface area contributed by atoms with Crippen LogP contribution in [0.5, 0.6) is 0 Å². The summed E-state index contributed by atoms with van der Waals surface area (Å²) in [4.78, 5) is 11.3. The molecule has 0 unspecified atom stereocenters. The Morgan fingerprint density at radius 2 is 2.00 bits per heavy atom. The van der Waals surface area contributed by atoms with E-state index in [0.29, 0.717) is 12.5 Å². The van der Waals surface area contributed by atoms with Gasteiger partial charge in [0.1, 0.15) is 0 Å². The van der Waals surface area contributed by atoms with E-state index >= 15 is 0 Å². The Labute approximate surface area is 86.3 Å². The van der Waals surface area contributed by atoms with Gasteiger partial charge in [-0.2, -0.15) is 0 Å². The molecule has 0 N–H and O–H groups in total. The van der Waals surface area contributed by atoms with Crippen molar-refractivity contribution in [2.75, 3.05) is 6.61 Å². The molecule has 1 rings (SSSR count). The highest BCUT2D eigenvalue weighted by molar-refractivity contribution is 5.83. The molecule has 0 amide bonds. The van der Waals surface area contributed by atoms with E-state index in [-0.39, 0.29) is 11.4 Å². The minimum atomic E-state index is -0.190. The van der Waals surface area contributed by atoms with Crippen molar-refractivity contribution in [3.8, 4) is 0 Å². The van der Waals surface area contributed by atoms with Crippen molar-refractivity contribution >= 4 is 5.97 Å². The second-order valence-electron chi connectivity index (χ2n) is 4.88. The highest BCUT2D eigenvalue weighted by Gasteiger charge is 2.33. The summed E-state index contributed by atoms with van der Waals surface area (Å²) in [5, 5.41) is 0. The van der Waals surface area contributed by atoms with Gasteiger partial charge in [-0.15, -0.1) is 0 Å². The maximum atomic E-state index is 11.3. The second-order valence-corrected chi connectivity index (χ2v) is 4.88. The van der Waals surface area contributed by atoms with Crippen molar-refractivity contribution in [1.82, 2.24) is 0 Å². The van der Waals surface area contributed by atoms with E-state index in [0.717, 1.165) is 0 Å². The molecule has 0 radical (unpaired) electrons. The van der Waals surface area contributed by atoms with E-state index in [9.17, 15) is 4.79 Å². The molecule has 0 aromatic rings. The number of hydrogen-bond donors (Lipinski definition) is 0. The summed E-state index contributed by atoms with van der Waals surface area (Å²) >= 11 is 0. The van der Waals surface area contributed by atoms with E-state index in [1.807, 2.05) is 6.92 Å². The first-order valence-electron chi connectivity index (χ1n) is 5.34. The Bertz CT molecular complexity index is 242. The quantitative estimate of drug-likeness (QED) is 0.512. The fourth-order valence-corrected chi connectivity index (χ4v) is 1.65. The zero-order valence-electron chi connectivity index (χ0n) is 9.59. The third-order valence-corrected chi connectivity index (χ3v) is 2.44. The van der Waals surface area contributed by atoms with Gasteiger partial charge in [-0.25, -0.2) is 4.79 Å². The molecular formula is C12H20O2. The van der Waals surface area contributed by atoms with Crippen LogP contribution in [-0.4, -0.2) is 12.6 Å². The summed E-state index contributed by atoms with van der Waals surface area (Å²) in [6.45, 7) is 8.74.